The molecule has 1 atom stereocenters. The highest BCUT2D eigenvalue weighted by Gasteiger charge is 2.41. The Morgan fingerprint density at radius 1 is 1.00 bits per heavy atom. The van der Waals surface area contributed by atoms with E-state index < -0.39 is 22.9 Å². The van der Waals surface area contributed by atoms with Crippen LogP contribution in [-0.4, -0.2) is 39.6 Å². The minimum absolute atomic E-state index is 0.0505. The third-order valence-corrected chi connectivity index (χ3v) is 6.96. The summed E-state index contributed by atoms with van der Waals surface area (Å²) in [5.74, 6) is 0.949. The van der Waals surface area contributed by atoms with Crippen LogP contribution >= 0.6 is 0 Å². The summed E-state index contributed by atoms with van der Waals surface area (Å²) in [7, 11) is 6.20. The number of aromatic nitrogens is 3. The number of aromatic hydroxyl groups is 1. The Morgan fingerprint density at radius 3 is 2.33 bits per heavy atom. The van der Waals surface area contributed by atoms with Crippen molar-refractivity contribution >= 4 is 10.9 Å². The summed E-state index contributed by atoms with van der Waals surface area (Å²) in [4.78, 5) is 26.7. The van der Waals surface area contributed by atoms with Gasteiger partial charge in [0.15, 0.2) is 11.5 Å². The number of hydrogen-bond acceptors (Lipinski definition) is 6. The molecule has 0 bridgehead atoms. The highest BCUT2D eigenvalue weighted by atomic mass is 16.5. The van der Waals surface area contributed by atoms with Gasteiger partial charge in [0.05, 0.1) is 48.7 Å². The number of benzene rings is 2. The Bertz CT molecular complexity index is 1610. The van der Waals surface area contributed by atoms with E-state index in [2.05, 4.69) is 4.57 Å². The van der Waals surface area contributed by atoms with Gasteiger partial charge in [-0.15, -0.1) is 0 Å². The average Bonchev–Trinajstić information content (AvgIpc) is 3.24. The predicted molar refractivity (Wildman–Crippen MR) is 136 cm³/mol. The van der Waals surface area contributed by atoms with Crippen molar-refractivity contribution in [2.24, 2.45) is 14.1 Å². The van der Waals surface area contributed by atoms with Gasteiger partial charge in [0, 0.05) is 19.7 Å². The van der Waals surface area contributed by atoms with E-state index in [0.717, 1.165) is 10.1 Å². The lowest BCUT2D eigenvalue weighted by molar-refractivity contribution is -0.00810. The lowest BCUT2D eigenvalue weighted by Crippen LogP contribution is -2.40. The van der Waals surface area contributed by atoms with E-state index in [4.69, 9.17) is 14.2 Å². The van der Waals surface area contributed by atoms with Crippen LogP contribution in [-0.2, 0) is 24.4 Å². The van der Waals surface area contributed by atoms with Crippen LogP contribution in [0.4, 0.5) is 0 Å². The molecule has 36 heavy (non-hydrogen) atoms. The molecule has 4 aromatic rings. The number of ether oxygens (including phenoxy) is 3. The fraction of sp³-hybridized carbons (Fsp3) is 0.333. The van der Waals surface area contributed by atoms with Crippen molar-refractivity contribution in [1.29, 1.82) is 0 Å². The lowest BCUT2D eigenvalue weighted by atomic mass is 9.97. The van der Waals surface area contributed by atoms with E-state index in [1.54, 1.807) is 32.4 Å². The Kier molecular flexibility index (Phi) is 5.48. The number of methoxy groups -OCH3 is 2. The van der Waals surface area contributed by atoms with Gasteiger partial charge in [0.1, 0.15) is 11.9 Å². The van der Waals surface area contributed by atoms with Crippen LogP contribution in [0.25, 0.3) is 22.2 Å². The van der Waals surface area contributed by atoms with Crippen molar-refractivity contribution in [2.45, 2.75) is 25.5 Å². The van der Waals surface area contributed by atoms with Crippen molar-refractivity contribution in [3.05, 3.63) is 74.6 Å². The molecule has 1 aliphatic heterocycles. The van der Waals surface area contributed by atoms with Crippen molar-refractivity contribution in [3.63, 3.8) is 0 Å². The molecular formula is C27H29N3O6. The summed E-state index contributed by atoms with van der Waals surface area (Å²) in [5.41, 5.74) is 1.63. The largest absolute Gasteiger partial charge is 0.504 e. The standard InChI is InChI=1S/C27H29N3O6/c1-27(2)14-36-24(17-8-7-9-18(35-6)23(17)31)22-21-19(25(32)29(4)26(33)28(21)3)20(30(22)27)15-10-12-16(34-5)13-11-15/h7-13,24,31H,14H2,1-6H3/t24-/m0/s1. The monoisotopic (exact) mass is 491 g/mol. The van der Waals surface area contributed by atoms with Crippen LogP contribution in [0.5, 0.6) is 17.2 Å². The zero-order chi connectivity index (χ0) is 25.9. The van der Waals surface area contributed by atoms with Gasteiger partial charge >= 0.3 is 5.69 Å². The molecule has 3 heterocycles. The first-order valence-electron chi connectivity index (χ1n) is 11.6. The molecule has 1 aliphatic rings. The molecule has 9 nitrogen and oxygen atoms in total. The van der Waals surface area contributed by atoms with Gasteiger partial charge < -0.3 is 23.9 Å². The zero-order valence-corrected chi connectivity index (χ0v) is 21.2. The fourth-order valence-electron chi connectivity index (χ4n) is 5.17. The van der Waals surface area contributed by atoms with Gasteiger partial charge in [-0.1, -0.05) is 12.1 Å². The van der Waals surface area contributed by atoms with Gasteiger partial charge in [-0.2, -0.15) is 0 Å². The Balaban J connectivity index is 1.98. The van der Waals surface area contributed by atoms with Crippen LogP contribution < -0.4 is 20.7 Å². The summed E-state index contributed by atoms with van der Waals surface area (Å²) in [6, 6.07) is 12.7. The van der Waals surface area contributed by atoms with E-state index in [-0.39, 0.29) is 5.75 Å². The van der Waals surface area contributed by atoms with Crippen LogP contribution in [0.3, 0.4) is 0 Å². The molecule has 2 aromatic heterocycles. The smallest absolute Gasteiger partial charge is 0.331 e. The maximum atomic E-state index is 13.7. The average molecular weight is 492 g/mol. The van der Waals surface area contributed by atoms with Crippen molar-refractivity contribution in [3.8, 4) is 28.5 Å². The van der Waals surface area contributed by atoms with Gasteiger partial charge in [0.2, 0.25) is 0 Å². The molecule has 0 spiro atoms. The Labute approximate surface area is 207 Å². The van der Waals surface area contributed by atoms with Crippen molar-refractivity contribution in [2.75, 3.05) is 20.8 Å². The molecule has 188 valence electrons. The van der Waals surface area contributed by atoms with E-state index in [1.165, 1.54) is 18.7 Å². The molecule has 0 aliphatic carbocycles. The summed E-state index contributed by atoms with van der Waals surface area (Å²) in [5, 5.41) is 11.4. The first kappa shape index (κ1) is 23.7. The third kappa shape index (κ3) is 3.26. The highest BCUT2D eigenvalue weighted by molar-refractivity contribution is 5.97. The summed E-state index contributed by atoms with van der Waals surface area (Å²) in [6.07, 6.45) is -0.750. The zero-order valence-electron chi connectivity index (χ0n) is 21.2. The second-order valence-electron chi connectivity index (χ2n) is 9.63. The predicted octanol–water partition coefficient (Wildman–Crippen LogP) is 3.28. The number of hydrogen-bond donors (Lipinski definition) is 1. The summed E-state index contributed by atoms with van der Waals surface area (Å²) in [6.45, 7) is 4.35. The normalized spacial score (nSPS) is 16.7. The Hall–Kier alpha value is -3.98. The van der Waals surface area contributed by atoms with Crippen LogP contribution in [0.1, 0.15) is 31.2 Å². The maximum Gasteiger partial charge on any atom is 0.331 e. The van der Waals surface area contributed by atoms with Gasteiger partial charge in [0.25, 0.3) is 5.56 Å². The second kappa shape index (κ2) is 8.30. The molecule has 1 N–H and O–H groups in total. The SMILES string of the molecule is COc1ccc(-c2c3c(=O)n(C)c(=O)n(C)c3c3n2C(C)(C)CO[C@H]3c2cccc(OC)c2O)cc1. The molecule has 0 radical (unpaired) electrons. The Morgan fingerprint density at radius 2 is 1.69 bits per heavy atom. The lowest BCUT2D eigenvalue weighted by Gasteiger charge is -2.39. The number of phenolic OH excluding ortho intramolecular Hbond substituents is 1. The molecule has 9 heteroatoms. The van der Waals surface area contributed by atoms with E-state index in [1.807, 2.05) is 38.1 Å². The van der Waals surface area contributed by atoms with E-state index >= 15 is 0 Å². The minimum atomic E-state index is -0.750. The number of fused-ring (bicyclic) bond motifs is 3. The van der Waals surface area contributed by atoms with E-state index in [0.29, 0.717) is 46.0 Å². The summed E-state index contributed by atoms with van der Waals surface area (Å²) >= 11 is 0. The molecule has 0 fully saturated rings. The second-order valence-corrected chi connectivity index (χ2v) is 9.63. The number of aryl methyl sites for hydroxylation is 1. The first-order valence-corrected chi connectivity index (χ1v) is 11.6. The maximum absolute atomic E-state index is 13.7. The molecule has 0 unspecified atom stereocenters. The van der Waals surface area contributed by atoms with Gasteiger partial charge in [-0.05, 0) is 49.7 Å². The topological polar surface area (TPSA) is 96.9 Å². The van der Waals surface area contributed by atoms with Crippen molar-refractivity contribution in [1.82, 2.24) is 13.7 Å². The fourth-order valence-corrected chi connectivity index (χ4v) is 5.17. The molecule has 0 amide bonds. The molecule has 0 saturated carbocycles. The van der Waals surface area contributed by atoms with Crippen LogP contribution in [0, 0.1) is 0 Å². The number of phenols is 1. The molecule has 2 aromatic carbocycles. The minimum Gasteiger partial charge on any atom is -0.504 e. The third-order valence-electron chi connectivity index (χ3n) is 6.96. The van der Waals surface area contributed by atoms with Gasteiger partial charge in [-0.3, -0.25) is 13.9 Å². The van der Waals surface area contributed by atoms with E-state index in [9.17, 15) is 14.7 Å². The number of para-hydroxylation sites is 1. The number of rotatable bonds is 4. The highest BCUT2D eigenvalue weighted by Crippen LogP contribution is 2.48. The van der Waals surface area contributed by atoms with Crippen LogP contribution in [0.15, 0.2) is 52.1 Å². The van der Waals surface area contributed by atoms with Gasteiger partial charge in [-0.25, -0.2) is 4.79 Å². The molecule has 0 saturated heterocycles. The summed E-state index contributed by atoms with van der Waals surface area (Å²) < 4.78 is 21.7. The quantitative estimate of drug-likeness (QED) is 0.471. The van der Waals surface area contributed by atoms with Crippen LogP contribution in [0.2, 0.25) is 0 Å². The molecule has 5 rings (SSSR count). The number of nitrogens with zero attached hydrogens (tertiary/aromatic N) is 3. The first-order chi connectivity index (χ1) is 17.1. The van der Waals surface area contributed by atoms with Crippen molar-refractivity contribution < 1.29 is 19.3 Å². The molecular weight excluding hydrogens is 462 g/mol.